The monoisotopic (exact) mass is 328 g/mol. The normalized spacial score (nSPS) is 18.6. The lowest BCUT2D eigenvalue weighted by Gasteiger charge is -2.21. The van der Waals surface area contributed by atoms with Gasteiger partial charge in [-0.1, -0.05) is 12.1 Å². The van der Waals surface area contributed by atoms with Gasteiger partial charge in [0.1, 0.15) is 16.9 Å². The highest BCUT2D eigenvalue weighted by Crippen LogP contribution is 2.36. The maximum absolute atomic E-state index is 12.0. The van der Waals surface area contributed by atoms with Crippen molar-refractivity contribution in [2.24, 2.45) is 0 Å². The predicted molar refractivity (Wildman–Crippen MR) is 83.2 cm³/mol. The zero-order chi connectivity index (χ0) is 15.2. The number of benzene rings is 1. The van der Waals surface area contributed by atoms with Gasteiger partial charge in [0.25, 0.3) is 5.69 Å². The van der Waals surface area contributed by atoms with Gasteiger partial charge in [0.2, 0.25) is 0 Å². The molecular formula is C13H16N2O4S2. The third-order valence-corrected chi connectivity index (χ3v) is 4.64. The highest BCUT2D eigenvalue weighted by atomic mass is 32.2. The molecule has 6 nitrogen and oxygen atoms in total. The van der Waals surface area contributed by atoms with Crippen molar-refractivity contribution >= 4 is 35.4 Å². The van der Waals surface area contributed by atoms with E-state index in [1.807, 2.05) is 10.6 Å². The van der Waals surface area contributed by atoms with Crippen LogP contribution in [0.2, 0.25) is 0 Å². The second-order valence-electron chi connectivity index (χ2n) is 4.48. The van der Waals surface area contributed by atoms with Crippen LogP contribution in [0.25, 0.3) is 0 Å². The molecule has 21 heavy (non-hydrogen) atoms. The van der Waals surface area contributed by atoms with Gasteiger partial charge in [0, 0.05) is 12.6 Å². The summed E-state index contributed by atoms with van der Waals surface area (Å²) in [6.07, 6.45) is 3.47. The van der Waals surface area contributed by atoms with Crippen LogP contribution in [-0.2, 0) is 9.53 Å². The van der Waals surface area contributed by atoms with E-state index in [9.17, 15) is 14.9 Å². The third kappa shape index (κ3) is 4.12. The topological polar surface area (TPSA) is 72.7 Å². The molecule has 0 amide bonds. The standard InChI is InChI=1S/C13H16N2O4S2/c1-20-9-19-13(16)11-6-4-8-14(11)21-12-7-3-2-5-10(12)15(17)18/h2-3,5,7,11H,4,6,8-9H2,1H3. The Balaban J connectivity index is 2.08. The first kappa shape index (κ1) is 16.1. The molecule has 2 rings (SSSR count). The van der Waals surface area contributed by atoms with Crippen molar-refractivity contribution in [3.8, 4) is 0 Å². The molecule has 1 unspecified atom stereocenters. The highest BCUT2D eigenvalue weighted by molar-refractivity contribution is 7.98. The molecule has 1 aliphatic rings. The van der Waals surface area contributed by atoms with Gasteiger partial charge < -0.3 is 4.74 Å². The number of carbonyl (C=O) groups excluding carboxylic acids is 1. The van der Waals surface area contributed by atoms with Crippen LogP contribution >= 0.6 is 23.7 Å². The Hall–Kier alpha value is -1.25. The third-order valence-electron chi connectivity index (χ3n) is 3.07. The first-order valence-corrected chi connectivity index (χ1v) is 8.64. The Labute approximate surface area is 131 Å². The molecule has 0 aliphatic carbocycles. The average molecular weight is 328 g/mol. The van der Waals surface area contributed by atoms with Gasteiger partial charge in [-0.15, -0.1) is 11.8 Å². The number of nitro benzene ring substituents is 1. The van der Waals surface area contributed by atoms with E-state index in [1.165, 1.54) is 29.8 Å². The Morgan fingerprint density at radius 1 is 1.52 bits per heavy atom. The maximum Gasteiger partial charge on any atom is 0.325 e. The van der Waals surface area contributed by atoms with Crippen LogP contribution in [0.3, 0.4) is 0 Å². The van der Waals surface area contributed by atoms with Crippen LogP contribution in [0.1, 0.15) is 12.8 Å². The molecule has 1 atom stereocenters. The minimum Gasteiger partial charge on any atom is -0.453 e. The molecule has 0 N–H and O–H groups in total. The van der Waals surface area contributed by atoms with Crippen LogP contribution in [-0.4, -0.2) is 40.0 Å². The zero-order valence-corrected chi connectivity index (χ0v) is 13.2. The molecule has 0 bridgehead atoms. The van der Waals surface area contributed by atoms with Gasteiger partial charge in [0.05, 0.1) is 4.92 Å². The second kappa shape index (κ2) is 7.67. The fourth-order valence-electron chi connectivity index (χ4n) is 2.11. The van der Waals surface area contributed by atoms with Crippen molar-refractivity contribution in [3.63, 3.8) is 0 Å². The summed E-state index contributed by atoms with van der Waals surface area (Å²) in [6, 6.07) is 6.23. The molecule has 0 radical (unpaired) electrons. The summed E-state index contributed by atoms with van der Waals surface area (Å²) in [5, 5.41) is 11.0. The Morgan fingerprint density at radius 2 is 2.29 bits per heavy atom. The Bertz CT molecular complexity index is 527. The maximum atomic E-state index is 12.0. The molecule has 1 saturated heterocycles. The van der Waals surface area contributed by atoms with Gasteiger partial charge in [-0.05, 0) is 37.1 Å². The van der Waals surface area contributed by atoms with Crippen molar-refractivity contribution < 1.29 is 14.5 Å². The number of ether oxygens (including phenoxy) is 1. The number of nitrogens with zero attached hydrogens (tertiary/aromatic N) is 2. The number of para-hydroxylation sites is 1. The summed E-state index contributed by atoms with van der Waals surface area (Å²) < 4.78 is 7.04. The van der Waals surface area contributed by atoms with E-state index >= 15 is 0 Å². The van der Waals surface area contributed by atoms with E-state index in [1.54, 1.807) is 18.2 Å². The van der Waals surface area contributed by atoms with Gasteiger partial charge in [-0.25, -0.2) is 4.31 Å². The number of rotatable bonds is 6. The minimum absolute atomic E-state index is 0.0608. The van der Waals surface area contributed by atoms with Crippen molar-refractivity contribution in [1.29, 1.82) is 0 Å². The molecule has 0 saturated carbocycles. The number of hydrogen-bond acceptors (Lipinski definition) is 7. The molecule has 8 heteroatoms. The van der Waals surface area contributed by atoms with Gasteiger partial charge >= 0.3 is 5.97 Å². The van der Waals surface area contributed by atoms with Crippen molar-refractivity contribution in [1.82, 2.24) is 4.31 Å². The minimum atomic E-state index is -0.403. The number of hydrogen-bond donors (Lipinski definition) is 0. The molecule has 1 aromatic carbocycles. The molecule has 114 valence electrons. The fourth-order valence-corrected chi connectivity index (χ4v) is 3.51. The first-order valence-electron chi connectivity index (χ1n) is 6.47. The molecule has 1 heterocycles. The van der Waals surface area contributed by atoms with Gasteiger partial charge in [-0.2, -0.15) is 0 Å². The van der Waals surface area contributed by atoms with E-state index < -0.39 is 4.92 Å². The zero-order valence-electron chi connectivity index (χ0n) is 11.6. The van der Waals surface area contributed by atoms with E-state index in [4.69, 9.17) is 4.74 Å². The summed E-state index contributed by atoms with van der Waals surface area (Å²) in [7, 11) is 0. The second-order valence-corrected chi connectivity index (χ2v) is 6.39. The lowest BCUT2D eigenvalue weighted by molar-refractivity contribution is -0.387. The smallest absolute Gasteiger partial charge is 0.325 e. The van der Waals surface area contributed by atoms with Gasteiger partial charge in [0.15, 0.2) is 0 Å². The molecule has 0 aromatic heterocycles. The van der Waals surface area contributed by atoms with Crippen molar-refractivity contribution in [3.05, 3.63) is 34.4 Å². The van der Waals surface area contributed by atoms with Crippen molar-refractivity contribution in [2.75, 3.05) is 18.7 Å². The number of carbonyl (C=O) groups is 1. The van der Waals surface area contributed by atoms with Crippen LogP contribution in [0.4, 0.5) is 5.69 Å². The lowest BCUT2D eigenvalue weighted by atomic mass is 10.2. The number of esters is 1. The van der Waals surface area contributed by atoms with Gasteiger partial charge in [-0.3, -0.25) is 14.9 Å². The van der Waals surface area contributed by atoms with E-state index in [0.717, 1.165) is 19.4 Å². The van der Waals surface area contributed by atoms with E-state index in [2.05, 4.69) is 0 Å². The summed E-state index contributed by atoms with van der Waals surface area (Å²) >= 11 is 2.70. The van der Waals surface area contributed by atoms with Crippen molar-refractivity contribution in [2.45, 2.75) is 23.8 Å². The molecule has 1 fully saturated rings. The predicted octanol–water partition coefficient (Wildman–Crippen LogP) is 2.93. The summed E-state index contributed by atoms with van der Waals surface area (Å²) in [5.74, 6) is 0.0761. The molecule has 1 aromatic rings. The van der Waals surface area contributed by atoms with E-state index in [-0.39, 0.29) is 17.7 Å². The average Bonchev–Trinajstić information content (AvgIpc) is 2.93. The molecule has 1 aliphatic heterocycles. The number of nitro groups is 1. The summed E-state index contributed by atoms with van der Waals surface area (Å²) in [4.78, 5) is 23.2. The summed E-state index contributed by atoms with van der Waals surface area (Å²) in [6.45, 7) is 0.718. The highest BCUT2D eigenvalue weighted by Gasteiger charge is 2.34. The van der Waals surface area contributed by atoms with Crippen LogP contribution in [0, 0.1) is 10.1 Å². The quantitative estimate of drug-likeness (QED) is 0.261. The Kier molecular flexibility index (Phi) is 5.89. The van der Waals surface area contributed by atoms with Crippen LogP contribution < -0.4 is 0 Å². The summed E-state index contributed by atoms with van der Waals surface area (Å²) in [5.41, 5.74) is 0.0608. The van der Waals surface area contributed by atoms with E-state index in [0.29, 0.717) is 10.8 Å². The SMILES string of the molecule is CSCOC(=O)C1CCCN1Sc1ccccc1[N+](=O)[O-]. The first-order chi connectivity index (χ1) is 10.1. The molecular weight excluding hydrogens is 312 g/mol. The lowest BCUT2D eigenvalue weighted by Crippen LogP contribution is -2.32. The van der Waals surface area contributed by atoms with Crippen LogP contribution in [0.5, 0.6) is 0 Å². The molecule has 0 spiro atoms. The van der Waals surface area contributed by atoms with Crippen LogP contribution in [0.15, 0.2) is 29.2 Å². The fraction of sp³-hybridized carbons (Fsp3) is 0.462. The number of thioether (sulfide) groups is 1. The largest absolute Gasteiger partial charge is 0.453 e. The Morgan fingerprint density at radius 3 is 3.00 bits per heavy atom.